The van der Waals surface area contributed by atoms with E-state index in [1.165, 1.54) is 12.1 Å². The van der Waals surface area contributed by atoms with Crippen LogP contribution in [0.1, 0.15) is 5.82 Å². The predicted octanol–water partition coefficient (Wildman–Crippen LogP) is 4.02. The molecule has 1 aromatic heterocycles. The van der Waals surface area contributed by atoms with Crippen molar-refractivity contribution in [1.29, 1.82) is 0 Å². The van der Waals surface area contributed by atoms with Crippen LogP contribution in [0.2, 0.25) is 10.0 Å². The molecule has 19 heavy (non-hydrogen) atoms. The van der Waals surface area contributed by atoms with Crippen molar-refractivity contribution in [2.45, 2.75) is 6.92 Å². The monoisotopic (exact) mass is 300 g/mol. The summed E-state index contributed by atoms with van der Waals surface area (Å²) in [4.78, 5) is 8.37. The lowest BCUT2D eigenvalue weighted by molar-refractivity contribution is 0.628. The van der Waals surface area contributed by atoms with Gasteiger partial charge in [0.25, 0.3) is 0 Å². The Labute approximate surface area is 120 Å². The Balaban J connectivity index is 2.39. The number of nitrogens with zero attached hydrogens (tertiary/aromatic N) is 2. The molecule has 7 heteroatoms. The molecule has 1 heterocycles. The molecule has 0 bridgehead atoms. The Morgan fingerprint density at radius 2 is 1.63 bits per heavy atom. The summed E-state index contributed by atoms with van der Waals surface area (Å²) in [5, 5.41) is 6.25. The van der Waals surface area contributed by atoms with E-state index in [9.17, 15) is 4.39 Å². The minimum atomic E-state index is -0.490. The van der Waals surface area contributed by atoms with E-state index in [1.54, 1.807) is 20.0 Å². The summed E-state index contributed by atoms with van der Waals surface area (Å²) in [6, 6.07) is 4.06. The number of hydrogen-bond donors (Lipinski definition) is 2. The number of rotatable bonds is 3. The minimum absolute atomic E-state index is 0.187. The average molecular weight is 301 g/mol. The molecule has 2 aromatic rings. The molecule has 0 aliphatic heterocycles. The quantitative estimate of drug-likeness (QED) is 0.899. The molecule has 2 N–H and O–H groups in total. The van der Waals surface area contributed by atoms with Crippen LogP contribution >= 0.6 is 23.2 Å². The van der Waals surface area contributed by atoms with Gasteiger partial charge >= 0.3 is 0 Å². The van der Waals surface area contributed by atoms with Crippen LogP contribution in [0.5, 0.6) is 0 Å². The van der Waals surface area contributed by atoms with Gasteiger partial charge in [-0.1, -0.05) is 23.2 Å². The van der Waals surface area contributed by atoms with Crippen molar-refractivity contribution in [2.24, 2.45) is 0 Å². The molecule has 0 saturated carbocycles. The van der Waals surface area contributed by atoms with E-state index in [4.69, 9.17) is 23.2 Å². The van der Waals surface area contributed by atoms with Crippen LogP contribution in [-0.2, 0) is 0 Å². The molecule has 0 aliphatic carbocycles. The van der Waals surface area contributed by atoms with Gasteiger partial charge in [-0.15, -0.1) is 0 Å². The fourth-order valence-electron chi connectivity index (χ4n) is 1.55. The predicted molar refractivity (Wildman–Crippen MR) is 76.0 cm³/mol. The average Bonchev–Trinajstić information content (AvgIpc) is 2.33. The Morgan fingerprint density at radius 3 is 2.21 bits per heavy atom. The van der Waals surface area contributed by atoms with Crippen LogP contribution in [0.4, 0.5) is 21.7 Å². The molecule has 1 aromatic carbocycles. The zero-order valence-electron chi connectivity index (χ0n) is 10.3. The summed E-state index contributed by atoms with van der Waals surface area (Å²) < 4.78 is 13.1. The van der Waals surface area contributed by atoms with Crippen LogP contribution in [0.25, 0.3) is 0 Å². The number of hydrogen-bond acceptors (Lipinski definition) is 4. The molecule has 0 radical (unpaired) electrons. The highest BCUT2D eigenvalue weighted by Gasteiger charge is 2.10. The Hall–Kier alpha value is -1.59. The first-order valence-electron chi connectivity index (χ1n) is 5.44. The van der Waals surface area contributed by atoms with E-state index in [0.717, 1.165) is 0 Å². The summed E-state index contributed by atoms with van der Waals surface area (Å²) in [6.07, 6.45) is 0. The van der Waals surface area contributed by atoms with E-state index in [1.807, 2.05) is 0 Å². The standard InChI is InChI=1S/C12H11Cl2FN4/c1-6-17-10(16-2)5-11(18-6)19-12-8(13)3-7(15)4-9(12)14/h3-5H,1-2H3,(H2,16,17,18,19). The third kappa shape index (κ3) is 3.24. The van der Waals surface area contributed by atoms with Gasteiger partial charge in [0.2, 0.25) is 0 Å². The third-order valence-electron chi connectivity index (χ3n) is 2.35. The molecule has 0 atom stereocenters. The highest BCUT2D eigenvalue weighted by Crippen LogP contribution is 2.33. The molecule has 0 aliphatic rings. The maximum atomic E-state index is 13.1. The van der Waals surface area contributed by atoms with Gasteiger partial charge in [-0.2, -0.15) is 0 Å². The molecule has 0 fully saturated rings. The van der Waals surface area contributed by atoms with E-state index < -0.39 is 5.82 Å². The lowest BCUT2D eigenvalue weighted by Gasteiger charge is -2.11. The normalized spacial score (nSPS) is 10.4. The molecule has 0 spiro atoms. The van der Waals surface area contributed by atoms with Crippen molar-refractivity contribution in [3.05, 3.63) is 39.9 Å². The highest BCUT2D eigenvalue weighted by atomic mass is 35.5. The minimum Gasteiger partial charge on any atom is -0.373 e. The van der Waals surface area contributed by atoms with Crippen molar-refractivity contribution in [3.8, 4) is 0 Å². The Morgan fingerprint density at radius 1 is 1.05 bits per heavy atom. The maximum Gasteiger partial charge on any atom is 0.136 e. The van der Waals surface area contributed by atoms with Gasteiger partial charge in [-0.05, 0) is 19.1 Å². The molecule has 100 valence electrons. The summed E-state index contributed by atoms with van der Waals surface area (Å²) in [5.41, 5.74) is 0.407. The zero-order valence-corrected chi connectivity index (χ0v) is 11.8. The van der Waals surface area contributed by atoms with Crippen molar-refractivity contribution >= 4 is 40.5 Å². The second kappa shape index (κ2) is 5.59. The summed E-state index contributed by atoms with van der Waals surface area (Å²) in [6.45, 7) is 1.76. The second-order valence-electron chi connectivity index (χ2n) is 3.81. The van der Waals surface area contributed by atoms with Gasteiger partial charge in [-0.3, -0.25) is 0 Å². The molecule has 0 amide bonds. The van der Waals surface area contributed by atoms with Gasteiger partial charge in [-0.25, -0.2) is 14.4 Å². The van der Waals surface area contributed by atoms with Gasteiger partial charge < -0.3 is 10.6 Å². The second-order valence-corrected chi connectivity index (χ2v) is 4.62. The fourth-order valence-corrected chi connectivity index (χ4v) is 2.10. The molecular formula is C12H11Cl2FN4. The molecule has 0 unspecified atom stereocenters. The first-order chi connectivity index (χ1) is 8.99. The topological polar surface area (TPSA) is 49.8 Å². The summed E-state index contributed by atoms with van der Waals surface area (Å²) >= 11 is 11.9. The Bertz CT molecular complexity index is 596. The van der Waals surface area contributed by atoms with Gasteiger partial charge in [0.15, 0.2) is 0 Å². The Kier molecular flexibility index (Phi) is 4.07. The largest absolute Gasteiger partial charge is 0.373 e. The highest BCUT2D eigenvalue weighted by molar-refractivity contribution is 6.39. The van der Waals surface area contributed by atoms with E-state index in [0.29, 0.717) is 23.1 Å². The van der Waals surface area contributed by atoms with Crippen molar-refractivity contribution in [1.82, 2.24) is 9.97 Å². The SMILES string of the molecule is CNc1cc(Nc2c(Cl)cc(F)cc2Cl)nc(C)n1. The number of nitrogens with one attached hydrogen (secondary N) is 2. The first kappa shape index (κ1) is 13.8. The van der Waals surface area contributed by atoms with Crippen LogP contribution < -0.4 is 10.6 Å². The van der Waals surface area contributed by atoms with Crippen LogP contribution in [0.15, 0.2) is 18.2 Å². The van der Waals surface area contributed by atoms with E-state index in [2.05, 4.69) is 20.6 Å². The number of benzene rings is 1. The van der Waals surface area contributed by atoms with Crippen molar-refractivity contribution in [2.75, 3.05) is 17.7 Å². The number of anilines is 3. The van der Waals surface area contributed by atoms with Crippen LogP contribution in [0, 0.1) is 12.7 Å². The lowest BCUT2D eigenvalue weighted by atomic mass is 10.3. The maximum absolute atomic E-state index is 13.1. The van der Waals surface area contributed by atoms with Crippen molar-refractivity contribution in [3.63, 3.8) is 0 Å². The van der Waals surface area contributed by atoms with E-state index in [-0.39, 0.29) is 10.0 Å². The number of aromatic nitrogens is 2. The number of aryl methyl sites for hydroxylation is 1. The summed E-state index contributed by atoms with van der Waals surface area (Å²) in [7, 11) is 1.75. The summed E-state index contributed by atoms with van der Waals surface area (Å²) in [5.74, 6) is 1.27. The lowest BCUT2D eigenvalue weighted by Crippen LogP contribution is -2.02. The molecule has 4 nitrogen and oxygen atoms in total. The van der Waals surface area contributed by atoms with Crippen LogP contribution in [-0.4, -0.2) is 17.0 Å². The molecular weight excluding hydrogens is 290 g/mol. The van der Waals surface area contributed by atoms with Gasteiger partial charge in [0.05, 0.1) is 15.7 Å². The van der Waals surface area contributed by atoms with Gasteiger partial charge in [0, 0.05) is 13.1 Å². The molecule has 2 rings (SSSR count). The van der Waals surface area contributed by atoms with Crippen LogP contribution in [0.3, 0.4) is 0 Å². The number of halogens is 3. The smallest absolute Gasteiger partial charge is 0.136 e. The molecule has 0 saturated heterocycles. The fraction of sp³-hybridized carbons (Fsp3) is 0.167. The first-order valence-corrected chi connectivity index (χ1v) is 6.20. The zero-order chi connectivity index (χ0) is 14.0. The van der Waals surface area contributed by atoms with Crippen molar-refractivity contribution < 1.29 is 4.39 Å². The third-order valence-corrected chi connectivity index (χ3v) is 2.95. The van der Waals surface area contributed by atoms with Gasteiger partial charge in [0.1, 0.15) is 23.3 Å². The van der Waals surface area contributed by atoms with E-state index >= 15 is 0 Å².